The van der Waals surface area contributed by atoms with Crippen LogP contribution in [-0.2, 0) is 28.5 Å². The summed E-state index contributed by atoms with van der Waals surface area (Å²) in [6, 6.07) is 22.7. The predicted octanol–water partition coefficient (Wildman–Crippen LogP) is 9.61. The molecule has 4 amide bonds. The van der Waals surface area contributed by atoms with Crippen molar-refractivity contribution in [3.05, 3.63) is 148 Å². The third-order valence-electron chi connectivity index (χ3n) is 12.4. The number of ether oxygens (including phenoxy) is 4. The second kappa shape index (κ2) is 26.1. The van der Waals surface area contributed by atoms with Gasteiger partial charge in [0.25, 0.3) is 23.6 Å². The molecule has 4 N–H and O–H groups in total. The second-order valence-corrected chi connectivity index (χ2v) is 21.4. The largest absolute Gasteiger partial charge is 0.462 e. The van der Waals surface area contributed by atoms with Gasteiger partial charge in [0.05, 0.1) is 35.5 Å². The molecule has 4 atom stereocenters. The van der Waals surface area contributed by atoms with E-state index in [1.807, 2.05) is 19.1 Å². The van der Waals surface area contributed by atoms with Crippen LogP contribution in [0.1, 0.15) is 148 Å². The minimum absolute atomic E-state index is 0.00642. The molecular weight excluding hydrogens is 977 g/mol. The molecule has 75 heavy (non-hydrogen) atoms. The number of hydrogen-bond donors (Lipinski definition) is 4. The average Bonchev–Trinajstić information content (AvgIpc) is 3.34. The van der Waals surface area contributed by atoms with Crippen molar-refractivity contribution >= 4 is 65.0 Å². The molecule has 1 saturated carbocycles. The molecule has 0 saturated heterocycles. The first-order chi connectivity index (χ1) is 35.3. The Bertz CT molecular complexity index is 2820. The number of carbonyl (C=O) groups is 8. The van der Waals surface area contributed by atoms with E-state index in [9.17, 15) is 38.4 Å². The smallest absolute Gasteiger partial charge is 0.338 e. The van der Waals surface area contributed by atoms with E-state index < -0.39 is 47.9 Å². The number of rotatable bonds is 22. The van der Waals surface area contributed by atoms with Crippen LogP contribution < -0.4 is 21.3 Å². The van der Waals surface area contributed by atoms with Crippen molar-refractivity contribution in [2.45, 2.75) is 116 Å². The quantitative estimate of drug-likeness (QED) is 0.0328. The summed E-state index contributed by atoms with van der Waals surface area (Å²) in [5.41, 5.74) is 2.31. The summed E-state index contributed by atoms with van der Waals surface area (Å²) >= 11 is 1.15. The molecule has 5 rings (SSSR count). The number of carbonyl (C=O) groups excluding carboxylic acids is 8. The van der Waals surface area contributed by atoms with Gasteiger partial charge in [0, 0.05) is 70.2 Å². The molecule has 0 heterocycles. The highest BCUT2D eigenvalue weighted by atomic mass is 32.2. The molecule has 0 aliphatic heterocycles. The monoisotopic (exact) mass is 1040 g/mol. The SMILES string of the molecule is C=C(C)C(=O)OC(C)CCOC(=O)c1ccc(Sc2ccc(C(=O)OCCC(C)OC(=O)C(=C)C)c(C(=O)Nc3ccc(C(=O)NC4CC(C)(C)CC(C)(CNC(=O)c5ccc(C)cc5)C4)cc3)c2)cc1C(=O)NC. The lowest BCUT2D eigenvalue weighted by Crippen LogP contribution is -2.50. The minimum Gasteiger partial charge on any atom is -0.462 e. The van der Waals surface area contributed by atoms with Gasteiger partial charge in [0.2, 0.25) is 0 Å². The fraction of sp³-hybridized carbons (Fsp3) is 0.379. The van der Waals surface area contributed by atoms with Crippen LogP contribution in [0.2, 0.25) is 0 Å². The number of benzene rings is 4. The highest BCUT2D eigenvalue weighted by Gasteiger charge is 2.42. The molecular formula is C58H68N4O12S. The summed E-state index contributed by atoms with van der Waals surface area (Å²) in [5.74, 6) is -4.39. The molecule has 4 aromatic rings. The van der Waals surface area contributed by atoms with Gasteiger partial charge >= 0.3 is 23.9 Å². The van der Waals surface area contributed by atoms with Gasteiger partial charge in [-0.05, 0) is 138 Å². The van der Waals surface area contributed by atoms with Crippen LogP contribution in [0.25, 0.3) is 0 Å². The van der Waals surface area contributed by atoms with Gasteiger partial charge in [0.1, 0.15) is 12.2 Å². The minimum atomic E-state index is -0.814. The fourth-order valence-electron chi connectivity index (χ4n) is 8.79. The first-order valence-electron chi connectivity index (χ1n) is 24.7. The van der Waals surface area contributed by atoms with Crippen LogP contribution in [-0.4, -0.2) is 92.6 Å². The lowest BCUT2D eigenvalue weighted by Gasteiger charge is -2.47. The Balaban J connectivity index is 1.31. The van der Waals surface area contributed by atoms with E-state index in [1.54, 1.807) is 62.4 Å². The number of anilines is 1. The van der Waals surface area contributed by atoms with Crippen LogP contribution in [0.3, 0.4) is 0 Å². The molecule has 0 bridgehead atoms. The molecule has 16 nitrogen and oxygen atoms in total. The van der Waals surface area contributed by atoms with Crippen LogP contribution in [0.4, 0.5) is 5.69 Å². The summed E-state index contributed by atoms with van der Waals surface area (Å²) in [5, 5.41) is 11.7. The summed E-state index contributed by atoms with van der Waals surface area (Å²) in [6.07, 6.45) is 1.48. The molecule has 1 fully saturated rings. The maximum Gasteiger partial charge on any atom is 0.338 e. The van der Waals surface area contributed by atoms with Crippen molar-refractivity contribution in [2.75, 3.05) is 32.1 Å². The van der Waals surface area contributed by atoms with Crippen LogP contribution in [0, 0.1) is 17.8 Å². The molecule has 1 aliphatic rings. The van der Waals surface area contributed by atoms with Crippen LogP contribution in [0.5, 0.6) is 0 Å². The summed E-state index contributed by atoms with van der Waals surface area (Å²) in [6.45, 7) is 22.1. The van der Waals surface area contributed by atoms with E-state index in [0.29, 0.717) is 39.6 Å². The van der Waals surface area contributed by atoms with E-state index in [0.717, 1.165) is 30.2 Å². The van der Waals surface area contributed by atoms with Gasteiger partial charge < -0.3 is 40.2 Å². The van der Waals surface area contributed by atoms with E-state index >= 15 is 0 Å². The predicted molar refractivity (Wildman–Crippen MR) is 286 cm³/mol. The zero-order chi connectivity index (χ0) is 55.2. The van der Waals surface area contributed by atoms with E-state index in [-0.39, 0.29) is 88.1 Å². The number of hydrogen-bond acceptors (Lipinski definition) is 13. The molecule has 4 unspecified atom stereocenters. The van der Waals surface area contributed by atoms with Gasteiger partial charge in [0.15, 0.2) is 0 Å². The molecule has 1 aliphatic carbocycles. The number of nitrogens with one attached hydrogen (secondary N) is 4. The third kappa shape index (κ3) is 17.3. The van der Waals surface area contributed by atoms with Gasteiger partial charge in [-0.2, -0.15) is 0 Å². The van der Waals surface area contributed by atoms with E-state index in [1.165, 1.54) is 45.2 Å². The fourth-order valence-corrected chi connectivity index (χ4v) is 9.69. The maximum atomic E-state index is 14.2. The Kier molecular flexibility index (Phi) is 20.3. The van der Waals surface area contributed by atoms with E-state index in [4.69, 9.17) is 18.9 Å². The normalized spacial score (nSPS) is 16.4. The van der Waals surface area contributed by atoms with Crippen molar-refractivity contribution in [2.24, 2.45) is 10.8 Å². The summed E-state index contributed by atoms with van der Waals surface area (Å²) < 4.78 is 21.5. The van der Waals surface area contributed by atoms with Crippen molar-refractivity contribution < 1.29 is 57.3 Å². The Morgan fingerprint density at radius 1 is 0.640 bits per heavy atom. The topological polar surface area (TPSA) is 222 Å². The zero-order valence-corrected chi connectivity index (χ0v) is 45.0. The summed E-state index contributed by atoms with van der Waals surface area (Å²) in [4.78, 5) is 106. The van der Waals surface area contributed by atoms with Crippen molar-refractivity contribution in [3.63, 3.8) is 0 Å². The van der Waals surface area contributed by atoms with Gasteiger partial charge in [-0.1, -0.05) is 63.4 Å². The lowest BCUT2D eigenvalue weighted by atomic mass is 9.62. The van der Waals surface area contributed by atoms with Crippen molar-refractivity contribution in [1.29, 1.82) is 0 Å². The summed E-state index contributed by atoms with van der Waals surface area (Å²) in [7, 11) is 1.42. The highest BCUT2D eigenvalue weighted by Crippen LogP contribution is 2.46. The number of esters is 4. The molecule has 398 valence electrons. The molecule has 0 spiro atoms. The average molecular weight is 1050 g/mol. The Labute approximate surface area is 443 Å². The van der Waals surface area contributed by atoms with Crippen LogP contribution in [0.15, 0.2) is 119 Å². The Morgan fingerprint density at radius 3 is 1.61 bits per heavy atom. The first-order valence-corrected chi connectivity index (χ1v) is 25.5. The lowest BCUT2D eigenvalue weighted by molar-refractivity contribution is -0.144. The number of amides is 4. The molecule has 4 aromatic carbocycles. The van der Waals surface area contributed by atoms with Crippen LogP contribution >= 0.6 is 11.8 Å². The standard InChI is InChI=1S/C58H68N4O12S/c1-34(2)53(67)73-37(6)24-26-71-55(69)45-22-20-43(28-47(45)51(65)59-11)75-44-21-23-46(56(70)72-27-25-38(7)74-54(68)35(3)4)48(29-44)52(66)61-41-18-16-40(17-19-41)50(64)62-42-30-57(8,9)32-58(10,31-42)33-60-49(63)39-14-12-36(5)13-15-39/h12-23,28-29,37-38,42H,1,3,24-27,30-33H2,2,4-11H3,(H,59,65)(H,60,63)(H,61,66)(H,62,64). The van der Waals surface area contributed by atoms with Gasteiger partial charge in [-0.3, -0.25) is 19.2 Å². The Morgan fingerprint density at radius 2 is 1.12 bits per heavy atom. The van der Waals surface area contributed by atoms with Gasteiger partial charge in [-0.25, -0.2) is 19.2 Å². The van der Waals surface area contributed by atoms with E-state index in [2.05, 4.69) is 55.2 Å². The van der Waals surface area contributed by atoms with Gasteiger partial charge in [-0.15, -0.1) is 0 Å². The number of aryl methyl sites for hydroxylation is 1. The van der Waals surface area contributed by atoms with Crippen molar-refractivity contribution in [1.82, 2.24) is 16.0 Å². The third-order valence-corrected chi connectivity index (χ3v) is 13.4. The highest BCUT2D eigenvalue weighted by molar-refractivity contribution is 7.99. The first kappa shape index (κ1) is 58.4. The molecule has 0 radical (unpaired) electrons. The molecule has 17 heteroatoms. The maximum absolute atomic E-state index is 14.2. The Hall–Kier alpha value is -7.53. The zero-order valence-electron chi connectivity index (χ0n) is 44.2. The second-order valence-electron chi connectivity index (χ2n) is 20.2. The molecule has 0 aromatic heterocycles. The van der Waals surface area contributed by atoms with Crippen molar-refractivity contribution in [3.8, 4) is 0 Å².